The van der Waals surface area contributed by atoms with Crippen LogP contribution in [-0.2, 0) is 28.5 Å². The van der Waals surface area contributed by atoms with Crippen molar-refractivity contribution in [3.63, 3.8) is 0 Å². The molecule has 0 unspecified atom stereocenters. The predicted octanol–water partition coefficient (Wildman–Crippen LogP) is -2.87. The lowest BCUT2D eigenvalue weighted by Crippen LogP contribution is -2.68. The minimum absolute atomic E-state index is 0.598. The molecule has 4 rings (SSSR count). The molecule has 3 saturated heterocycles. The van der Waals surface area contributed by atoms with Crippen LogP contribution in [0.25, 0.3) is 0 Å². The van der Waals surface area contributed by atoms with Gasteiger partial charge in [-0.05, 0) is 24.8 Å². The number of allylic oxidation sites excluding steroid dienone is 1. The zero-order valence-electron chi connectivity index (χ0n) is 32.4. The topological polar surface area (TPSA) is 312 Å². The van der Waals surface area contributed by atoms with Crippen LogP contribution in [0.1, 0.15) is 84.8 Å². The van der Waals surface area contributed by atoms with Crippen LogP contribution in [0.5, 0.6) is 0 Å². The Morgan fingerprint density at radius 1 is 0.842 bits per heavy atom. The maximum atomic E-state index is 13.1. The van der Waals surface area contributed by atoms with E-state index in [-0.39, 0.29) is 0 Å². The number of nitrogens with one attached hydrogen (secondary N) is 3. The Labute approximate surface area is 329 Å². The highest BCUT2D eigenvalue weighted by Gasteiger charge is 2.53. The molecule has 1 aromatic rings. The average molecular weight is 817 g/mol. The van der Waals surface area contributed by atoms with Gasteiger partial charge in [-0.1, -0.05) is 58.4 Å². The Hall–Kier alpha value is -3.12. The van der Waals surface area contributed by atoms with Crippen LogP contribution >= 0.6 is 0 Å². The molecule has 57 heavy (non-hydrogen) atoms. The summed E-state index contributed by atoms with van der Waals surface area (Å²) < 4.78 is 24.1. The standard InChI is InChI=1S/C37H60N4O16/c1-18(2)12-10-8-6-4-5-7-9-11-13-23(45)39-26-30(50)27(47)21(54-36(26)57-35-25(38-19(3)43)29(49)28(48)22(17-42)55-35)16-20(44)33-31(51)32(52)34(56-33)41-15-14-24(46)40-37(41)53/h11,13-15,18,20-22,25-36,42,44,47-52H,4-10,12,16-17H2,1-3H3,(H,38,43)(H,39,45)(H,40,46,53)/b13-11+/t20-,21-,22-,25-,26-,27-,28+,29+,30-,31+,32-,33+,34+,35+,36+/m1/s1. The lowest BCUT2D eigenvalue weighted by atomic mass is 9.91. The number of amides is 2. The molecule has 3 aliphatic rings. The number of carbonyl (C=O) groups is 2. The largest absolute Gasteiger partial charge is 0.394 e. The molecule has 3 aliphatic heterocycles. The van der Waals surface area contributed by atoms with Gasteiger partial charge in [-0.2, -0.15) is 0 Å². The van der Waals surface area contributed by atoms with Gasteiger partial charge in [0.05, 0.1) is 18.8 Å². The van der Waals surface area contributed by atoms with E-state index in [2.05, 4.69) is 24.5 Å². The fourth-order valence-electron chi connectivity index (χ4n) is 7.27. The third-order valence-corrected chi connectivity index (χ3v) is 10.5. The van der Waals surface area contributed by atoms with Crippen LogP contribution < -0.4 is 21.9 Å². The normalized spacial score (nSPS) is 35.1. The first kappa shape index (κ1) is 46.6. The molecular weight excluding hydrogens is 756 g/mol. The first-order valence-electron chi connectivity index (χ1n) is 19.6. The number of aliphatic hydroxyl groups excluding tert-OH is 8. The number of aliphatic hydroxyl groups is 8. The number of H-pyrrole nitrogens is 1. The third kappa shape index (κ3) is 12.4. The van der Waals surface area contributed by atoms with E-state index in [4.69, 9.17) is 18.9 Å². The Bertz CT molecular complexity index is 1570. The van der Waals surface area contributed by atoms with E-state index in [0.717, 1.165) is 49.4 Å². The van der Waals surface area contributed by atoms with Gasteiger partial charge in [0.1, 0.15) is 60.9 Å². The van der Waals surface area contributed by atoms with Crippen molar-refractivity contribution in [1.82, 2.24) is 20.2 Å². The molecule has 1 aromatic heterocycles. The average Bonchev–Trinajstić information content (AvgIpc) is 3.45. The van der Waals surface area contributed by atoms with Gasteiger partial charge in [0.15, 0.2) is 18.8 Å². The van der Waals surface area contributed by atoms with Crippen molar-refractivity contribution in [3.8, 4) is 0 Å². The molecule has 15 atom stereocenters. The Kier molecular flexibility index (Phi) is 17.8. The molecule has 0 bridgehead atoms. The smallest absolute Gasteiger partial charge is 0.330 e. The minimum Gasteiger partial charge on any atom is -0.394 e. The van der Waals surface area contributed by atoms with Gasteiger partial charge < -0.3 is 70.4 Å². The van der Waals surface area contributed by atoms with Crippen LogP contribution in [0.2, 0.25) is 0 Å². The first-order valence-corrected chi connectivity index (χ1v) is 19.6. The van der Waals surface area contributed by atoms with Gasteiger partial charge >= 0.3 is 5.69 Å². The van der Waals surface area contributed by atoms with Gasteiger partial charge in [-0.3, -0.25) is 23.9 Å². The number of carbonyl (C=O) groups excluding carboxylic acids is 2. The number of unbranched alkanes of at least 4 members (excludes halogenated alkanes) is 6. The molecule has 3 fully saturated rings. The van der Waals surface area contributed by atoms with Crippen molar-refractivity contribution in [2.24, 2.45) is 5.92 Å². The number of aromatic nitrogens is 2. The van der Waals surface area contributed by atoms with Gasteiger partial charge in [0.25, 0.3) is 5.56 Å². The first-order chi connectivity index (χ1) is 27.0. The number of ether oxygens (including phenoxy) is 4. The van der Waals surface area contributed by atoms with Gasteiger partial charge in [0.2, 0.25) is 11.8 Å². The highest BCUT2D eigenvalue weighted by atomic mass is 16.8. The van der Waals surface area contributed by atoms with Gasteiger partial charge in [0, 0.05) is 25.6 Å². The molecule has 0 aromatic carbocycles. The molecule has 324 valence electrons. The Morgan fingerprint density at radius 3 is 2.05 bits per heavy atom. The summed E-state index contributed by atoms with van der Waals surface area (Å²) in [6.45, 7) is 4.75. The van der Waals surface area contributed by atoms with E-state index in [1.165, 1.54) is 25.3 Å². The monoisotopic (exact) mass is 816 g/mol. The van der Waals surface area contributed by atoms with Crippen LogP contribution in [-0.4, -0.2) is 155 Å². The van der Waals surface area contributed by atoms with Crippen molar-refractivity contribution in [3.05, 3.63) is 45.3 Å². The van der Waals surface area contributed by atoms with Crippen LogP contribution in [0.15, 0.2) is 34.0 Å². The predicted molar refractivity (Wildman–Crippen MR) is 198 cm³/mol. The molecule has 0 radical (unpaired) electrons. The lowest BCUT2D eigenvalue weighted by molar-refractivity contribution is -0.346. The zero-order valence-corrected chi connectivity index (χ0v) is 32.4. The Balaban J connectivity index is 1.48. The number of aromatic amines is 1. The minimum atomic E-state index is -1.85. The van der Waals surface area contributed by atoms with Crippen molar-refractivity contribution in [1.29, 1.82) is 0 Å². The highest BCUT2D eigenvalue weighted by Crippen LogP contribution is 2.34. The SMILES string of the molecule is CC(=O)N[C@H]1[C@H](O[C@@H]2O[C@H](C[C@@H](O)[C@@H]3O[C@H](n4ccc(=O)[nH]c4=O)[C@H](O)[C@@H]3O)[C@@H](O)[C@H](O)[C@H]2NC(=O)/C=C/CCCCCCCCC(C)C)O[C@H](CO)[C@H](O)[C@H]1O. The third-order valence-electron chi connectivity index (χ3n) is 10.5. The molecule has 20 nitrogen and oxygen atoms in total. The summed E-state index contributed by atoms with van der Waals surface area (Å²) in [6.07, 6.45) is -10.3. The molecule has 0 aliphatic carbocycles. The van der Waals surface area contributed by atoms with E-state index in [9.17, 15) is 60.0 Å². The lowest BCUT2D eigenvalue weighted by Gasteiger charge is -2.47. The van der Waals surface area contributed by atoms with E-state index in [1.807, 2.05) is 4.98 Å². The second-order valence-electron chi connectivity index (χ2n) is 15.4. The highest BCUT2D eigenvalue weighted by molar-refractivity contribution is 5.87. The fourth-order valence-corrected chi connectivity index (χ4v) is 7.27. The van der Waals surface area contributed by atoms with Crippen molar-refractivity contribution in [2.75, 3.05) is 6.61 Å². The van der Waals surface area contributed by atoms with Gasteiger partial charge in [-0.25, -0.2) is 4.79 Å². The van der Waals surface area contributed by atoms with E-state index < -0.39 is 128 Å². The van der Waals surface area contributed by atoms with Crippen molar-refractivity contribution < 1.29 is 69.4 Å². The Morgan fingerprint density at radius 2 is 1.44 bits per heavy atom. The number of hydrogen-bond acceptors (Lipinski definition) is 16. The van der Waals surface area contributed by atoms with Crippen LogP contribution in [0.3, 0.4) is 0 Å². The maximum absolute atomic E-state index is 13.1. The molecule has 20 heteroatoms. The van der Waals surface area contributed by atoms with E-state index >= 15 is 0 Å². The van der Waals surface area contributed by atoms with Crippen LogP contribution in [0.4, 0.5) is 0 Å². The number of nitrogens with zero attached hydrogens (tertiary/aromatic N) is 1. The molecule has 0 spiro atoms. The summed E-state index contributed by atoms with van der Waals surface area (Å²) in [7, 11) is 0. The molecule has 2 amide bonds. The molecule has 4 heterocycles. The quantitative estimate of drug-likeness (QED) is 0.0494. The second kappa shape index (κ2) is 21.8. The molecule has 11 N–H and O–H groups in total. The second-order valence-corrected chi connectivity index (χ2v) is 15.4. The summed E-state index contributed by atoms with van der Waals surface area (Å²) in [5, 5.41) is 91.3. The van der Waals surface area contributed by atoms with Gasteiger partial charge in [-0.15, -0.1) is 0 Å². The number of rotatable bonds is 19. The molecular formula is C37H60N4O16. The van der Waals surface area contributed by atoms with E-state index in [0.29, 0.717) is 12.3 Å². The summed E-state index contributed by atoms with van der Waals surface area (Å²) in [6, 6.07) is -2.01. The molecule has 0 saturated carbocycles. The van der Waals surface area contributed by atoms with Crippen molar-refractivity contribution in [2.45, 2.75) is 170 Å². The number of hydrogen-bond donors (Lipinski definition) is 11. The fraction of sp³-hybridized carbons (Fsp3) is 0.784. The van der Waals surface area contributed by atoms with E-state index in [1.54, 1.807) is 6.08 Å². The summed E-state index contributed by atoms with van der Waals surface area (Å²) in [5.41, 5.74) is -1.68. The summed E-state index contributed by atoms with van der Waals surface area (Å²) >= 11 is 0. The summed E-state index contributed by atoms with van der Waals surface area (Å²) in [5.74, 6) is -0.665. The zero-order chi connectivity index (χ0) is 42.0. The maximum Gasteiger partial charge on any atom is 0.330 e. The summed E-state index contributed by atoms with van der Waals surface area (Å²) in [4.78, 5) is 51.0. The van der Waals surface area contributed by atoms with Crippen molar-refractivity contribution >= 4 is 11.8 Å². The van der Waals surface area contributed by atoms with Crippen LogP contribution in [0, 0.1) is 5.92 Å².